The van der Waals surface area contributed by atoms with E-state index < -0.39 is 12.1 Å². The SMILES string of the molecule is COc1ccc([C@@H](C)N2C(=O)[C@H](OC(C)=O)[C@@H]2c2ccccc2)cc1. The maximum Gasteiger partial charge on any atom is 0.303 e. The number of esters is 1. The van der Waals surface area contributed by atoms with Crippen molar-refractivity contribution in [2.75, 3.05) is 7.11 Å². The third-order valence-electron chi connectivity index (χ3n) is 4.53. The van der Waals surface area contributed by atoms with Gasteiger partial charge in [-0.25, -0.2) is 0 Å². The highest BCUT2D eigenvalue weighted by atomic mass is 16.6. The van der Waals surface area contributed by atoms with Crippen molar-refractivity contribution in [3.63, 3.8) is 0 Å². The molecular formula is C20H21NO4. The predicted octanol–water partition coefficient (Wildman–Crippen LogP) is 3.27. The number of rotatable bonds is 5. The first kappa shape index (κ1) is 17.0. The van der Waals surface area contributed by atoms with Crippen LogP contribution in [0.15, 0.2) is 54.6 Å². The van der Waals surface area contributed by atoms with Crippen molar-refractivity contribution in [1.82, 2.24) is 4.90 Å². The molecule has 0 radical (unpaired) electrons. The number of benzene rings is 2. The summed E-state index contributed by atoms with van der Waals surface area (Å²) in [7, 11) is 1.62. The van der Waals surface area contributed by atoms with Gasteiger partial charge >= 0.3 is 5.97 Å². The molecule has 0 aromatic heterocycles. The van der Waals surface area contributed by atoms with Gasteiger partial charge < -0.3 is 14.4 Å². The van der Waals surface area contributed by atoms with Crippen molar-refractivity contribution in [1.29, 1.82) is 0 Å². The number of amides is 1. The van der Waals surface area contributed by atoms with Crippen LogP contribution in [0.3, 0.4) is 0 Å². The summed E-state index contributed by atoms with van der Waals surface area (Å²) in [5, 5.41) is 0. The maximum absolute atomic E-state index is 12.6. The van der Waals surface area contributed by atoms with Crippen LogP contribution in [0.1, 0.15) is 37.1 Å². The lowest BCUT2D eigenvalue weighted by atomic mass is 9.87. The first-order valence-electron chi connectivity index (χ1n) is 8.21. The van der Waals surface area contributed by atoms with Crippen LogP contribution in [-0.2, 0) is 14.3 Å². The van der Waals surface area contributed by atoms with Gasteiger partial charge in [-0.2, -0.15) is 0 Å². The van der Waals surface area contributed by atoms with Gasteiger partial charge in [0, 0.05) is 6.92 Å². The van der Waals surface area contributed by atoms with Crippen molar-refractivity contribution in [3.05, 3.63) is 65.7 Å². The number of β-lactam (4-membered cyclic amide) rings is 1. The van der Waals surface area contributed by atoms with Crippen LogP contribution < -0.4 is 4.74 Å². The minimum Gasteiger partial charge on any atom is -0.497 e. The molecule has 0 N–H and O–H groups in total. The van der Waals surface area contributed by atoms with Crippen LogP contribution in [0.25, 0.3) is 0 Å². The van der Waals surface area contributed by atoms with Crippen LogP contribution in [-0.4, -0.2) is 30.0 Å². The number of carbonyl (C=O) groups is 2. The normalized spacial score (nSPS) is 20.6. The molecule has 130 valence electrons. The lowest BCUT2D eigenvalue weighted by Gasteiger charge is -2.49. The Morgan fingerprint density at radius 1 is 1.08 bits per heavy atom. The summed E-state index contributed by atoms with van der Waals surface area (Å²) < 4.78 is 10.5. The molecule has 5 nitrogen and oxygen atoms in total. The molecule has 0 unspecified atom stereocenters. The molecule has 1 amide bonds. The van der Waals surface area contributed by atoms with Crippen LogP contribution in [0.5, 0.6) is 5.75 Å². The molecule has 1 heterocycles. The Morgan fingerprint density at radius 2 is 1.72 bits per heavy atom. The summed E-state index contributed by atoms with van der Waals surface area (Å²) in [6.07, 6.45) is -0.763. The topological polar surface area (TPSA) is 55.8 Å². The zero-order valence-electron chi connectivity index (χ0n) is 14.5. The average Bonchev–Trinajstić information content (AvgIpc) is 2.64. The van der Waals surface area contributed by atoms with E-state index in [4.69, 9.17) is 9.47 Å². The summed E-state index contributed by atoms with van der Waals surface area (Å²) in [5.74, 6) is 0.145. The first-order valence-corrected chi connectivity index (χ1v) is 8.21. The van der Waals surface area contributed by atoms with Gasteiger partial charge in [0.1, 0.15) is 11.8 Å². The van der Waals surface area contributed by atoms with Gasteiger partial charge in [-0.3, -0.25) is 9.59 Å². The number of ether oxygens (including phenoxy) is 2. The molecule has 1 aliphatic rings. The number of methoxy groups -OCH3 is 1. The smallest absolute Gasteiger partial charge is 0.303 e. The van der Waals surface area contributed by atoms with Gasteiger partial charge in [0.2, 0.25) is 6.10 Å². The van der Waals surface area contributed by atoms with Gasteiger partial charge in [-0.05, 0) is 30.2 Å². The second-order valence-corrected chi connectivity index (χ2v) is 6.08. The number of carbonyl (C=O) groups excluding carboxylic acids is 2. The second kappa shape index (κ2) is 6.97. The Hall–Kier alpha value is -2.82. The lowest BCUT2D eigenvalue weighted by Crippen LogP contribution is -2.60. The number of likely N-dealkylation sites (tertiary alicyclic amines) is 1. The molecule has 0 bridgehead atoms. The zero-order chi connectivity index (χ0) is 18.0. The molecule has 25 heavy (non-hydrogen) atoms. The number of nitrogens with zero attached hydrogens (tertiary/aromatic N) is 1. The van der Waals surface area contributed by atoms with E-state index >= 15 is 0 Å². The highest BCUT2D eigenvalue weighted by Gasteiger charge is 2.52. The fourth-order valence-corrected chi connectivity index (χ4v) is 3.24. The van der Waals surface area contributed by atoms with Crippen LogP contribution in [0.2, 0.25) is 0 Å². The Bertz CT molecular complexity index is 757. The molecule has 0 saturated carbocycles. The molecule has 3 atom stereocenters. The Kier molecular flexibility index (Phi) is 4.74. The zero-order valence-corrected chi connectivity index (χ0v) is 14.5. The van der Waals surface area contributed by atoms with E-state index in [2.05, 4.69) is 0 Å². The second-order valence-electron chi connectivity index (χ2n) is 6.08. The summed E-state index contributed by atoms with van der Waals surface area (Å²) in [6, 6.07) is 16.8. The highest BCUT2D eigenvalue weighted by molar-refractivity contribution is 5.91. The molecule has 2 aromatic carbocycles. The molecule has 1 saturated heterocycles. The first-order chi connectivity index (χ1) is 12.0. The van der Waals surface area contributed by atoms with E-state index in [1.54, 1.807) is 12.0 Å². The minimum atomic E-state index is -0.763. The minimum absolute atomic E-state index is 0.143. The number of hydrogen-bond acceptors (Lipinski definition) is 4. The third-order valence-corrected chi connectivity index (χ3v) is 4.53. The van der Waals surface area contributed by atoms with Crippen LogP contribution in [0, 0.1) is 0 Å². The van der Waals surface area contributed by atoms with Gasteiger partial charge in [0.25, 0.3) is 5.91 Å². The van der Waals surface area contributed by atoms with Crippen LogP contribution >= 0.6 is 0 Å². The summed E-state index contributed by atoms with van der Waals surface area (Å²) in [5.41, 5.74) is 1.95. The van der Waals surface area contributed by atoms with Gasteiger partial charge in [0.05, 0.1) is 13.2 Å². The highest BCUT2D eigenvalue weighted by Crippen LogP contribution is 2.43. The molecule has 1 fully saturated rings. The monoisotopic (exact) mass is 339 g/mol. The molecule has 0 spiro atoms. The Morgan fingerprint density at radius 3 is 2.28 bits per heavy atom. The van der Waals surface area contributed by atoms with Gasteiger partial charge in [-0.1, -0.05) is 42.5 Å². The molecule has 0 aliphatic carbocycles. The summed E-state index contributed by atoms with van der Waals surface area (Å²) in [6.45, 7) is 3.30. The quantitative estimate of drug-likeness (QED) is 0.620. The van der Waals surface area contributed by atoms with Crippen molar-refractivity contribution >= 4 is 11.9 Å². The van der Waals surface area contributed by atoms with Gasteiger partial charge in [-0.15, -0.1) is 0 Å². The van der Waals surface area contributed by atoms with E-state index in [1.807, 2.05) is 61.5 Å². The third kappa shape index (κ3) is 3.22. The fraction of sp³-hybridized carbons (Fsp3) is 0.300. The summed E-state index contributed by atoms with van der Waals surface area (Å²) in [4.78, 5) is 25.8. The van der Waals surface area contributed by atoms with Gasteiger partial charge in [0.15, 0.2) is 0 Å². The van der Waals surface area contributed by atoms with E-state index in [0.717, 1.165) is 16.9 Å². The molecule has 3 rings (SSSR count). The van der Waals surface area contributed by atoms with E-state index in [0.29, 0.717) is 0 Å². The van der Waals surface area contributed by atoms with Crippen LogP contribution in [0.4, 0.5) is 0 Å². The van der Waals surface area contributed by atoms with E-state index in [-0.39, 0.29) is 18.0 Å². The van der Waals surface area contributed by atoms with E-state index in [1.165, 1.54) is 6.92 Å². The Labute approximate surface area is 147 Å². The van der Waals surface area contributed by atoms with Crippen molar-refractivity contribution in [2.45, 2.75) is 32.0 Å². The average molecular weight is 339 g/mol. The molecule has 1 aliphatic heterocycles. The predicted molar refractivity (Wildman–Crippen MR) is 93.0 cm³/mol. The fourth-order valence-electron chi connectivity index (χ4n) is 3.24. The molecule has 5 heteroatoms. The van der Waals surface area contributed by atoms with Crippen molar-refractivity contribution in [2.24, 2.45) is 0 Å². The lowest BCUT2D eigenvalue weighted by molar-refractivity contribution is -0.186. The Balaban J connectivity index is 1.89. The number of hydrogen-bond donors (Lipinski definition) is 0. The van der Waals surface area contributed by atoms with Crippen molar-refractivity contribution < 1.29 is 19.1 Å². The summed E-state index contributed by atoms with van der Waals surface area (Å²) >= 11 is 0. The largest absolute Gasteiger partial charge is 0.497 e. The maximum atomic E-state index is 12.6. The van der Waals surface area contributed by atoms with Crippen molar-refractivity contribution in [3.8, 4) is 5.75 Å². The molecular weight excluding hydrogens is 318 g/mol. The molecule has 2 aromatic rings. The standard InChI is InChI=1S/C20H21NO4/c1-13(15-9-11-17(24-3)12-10-15)21-18(16-7-5-4-6-8-16)19(20(21)23)25-14(2)22/h4-13,18-19H,1-3H3/t13-,18+,19-/m1/s1. The van der Waals surface area contributed by atoms with E-state index in [9.17, 15) is 9.59 Å².